The molecule has 0 unspecified atom stereocenters. The van der Waals surface area contributed by atoms with E-state index in [1.165, 1.54) is 37.7 Å². The fourth-order valence-electron chi connectivity index (χ4n) is 6.64. The summed E-state index contributed by atoms with van der Waals surface area (Å²) in [5.41, 5.74) is 4.73. The first-order valence-electron chi connectivity index (χ1n) is 13.0. The Morgan fingerprint density at radius 2 is 1.94 bits per heavy atom. The fraction of sp³-hybridized carbons (Fsp3) is 0.633. The van der Waals surface area contributed by atoms with Crippen LogP contribution in [0.5, 0.6) is 0 Å². The smallest absolute Gasteiger partial charge is 0.411 e. The summed E-state index contributed by atoms with van der Waals surface area (Å²) >= 11 is 0. The lowest BCUT2D eigenvalue weighted by Gasteiger charge is -2.57. The number of anilines is 1. The molecule has 1 aromatic carbocycles. The maximum absolute atomic E-state index is 12.1. The summed E-state index contributed by atoms with van der Waals surface area (Å²) in [7, 11) is 0. The molecule has 1 amide bonds. The third kappa shape index (κ3) is 6.52. The van der Waals surface area contributed by atoms with Crippen molar-refractivity contribution >= 4 is 11.8 Å². The number of para-hydroxylation sites is 1. The van der Waals surface area contributed by atoms with Crippen LogP contribution < -0.4 is 5.32 Å². The molecule has 0 aliphatic heterocycles. The van der Waals surface area contributed by atoms with E-state index >= 15 is 0 Å². The summed E-state index contributed by atoms with van der Waals surface area (Å²) in [5.74, 6) is 1.50. The van der Waals surface area contributed by atoms with E-state index in [2.05, 4.69) is 52.1 Å². The first-order chi connectivity index (χ1) is 15.6. The van der Waals surface area contributed by atoms with E-state index in [4.69, 9.17) is 4.74 Å². The van der Waals surface area contributed by atoms with Gasteiger partial charge in [-0.15, -0.1) is 0 Å². The van der Waals surface area contributed by atoms with Gasteiger partial charge in [0.05, 0.1) is 0 Å². The third-order valence-corrected chi connectivity index (χ3v) is 8.52. The van der Waals surface area contributed by atoms with Gasteiger partial charge in [0.25, 0.3) is 0 Å². The summed E-state index contributed by atoms with van der Waals surface area (Å²) in [5, 5.41) is 2.78. The second-order valence-corrected chi connectivity index (χ2v) is 11.5. The maximum Gasteiger partial charge on any atom is 0.411 e. The highest BCUT2D eigenvalue weighted by atomic mass is 16.6. The second-order valence-electron chi connectivity index (χ2n) is 11.5. The molecule has 3 heteroatoms. The van der Waals surface area contributed by atoms with E-state index in [0.717, 1.165) is 30.9 Å². The van der Waals surface area contributed by atoms with Gasteiger partial charge < -0.3 is 4.74 Å². The molecular weight excluding hydrogens is 406 g/mol. The van der Waals surface area contributed by atoms with Crippen LogP contribution in [-0.2, 0) is 4.74 Å². The van der Waals surface area contributed by atoms with Crippen LogP contribution in [-0.4, -0.2) is 12.2 Å². The lowest BCUT2D eigenvalue weighted by atomic mass is 9.48. The predicted octanol–water partition coefficient (Wildman–Crippen LogP) is 8.93. The Bertz CT molecular complexity index is 853. The zero-order valence-electron chi connectivity index (χ0n) is 21.7. The molecule has 2 aliphatic carbocycles. The zero-order valence-corrected chi connectivity index (χ0v) is 21.7. The number of hydrogen-bond donors (Lipinski definition) is 1. The molecule has 1 fully saturated rings. The van der Waals surface area contributed by atoms with Crippen molar-refractivity contribution in [1.29, 1.82) is 0 Å². The van der Waals surface area contributed by atoms with Gasteiger partial charge in [-0.3, -0.25) is 5.32 Å². The maximum atomic E-state index is 12.1. The molecule has 182 valence electrons. The predicted molar refractivity (Wildman–Crippen MR) is 139 cm³/mol. The van der Waals surface area contributed by atoms with Gasteiger partial charge in [-0.05, 0) is 101 Å². The normalized spacial score (nSPS) is 27.8. The Morgan fingerprint density at radius 3 is 2.67 bits per heavy atom. The lowest BCUT2D eigenvalue weighted by molar-refractivity contribution is -0.0390. The number of allylic oxidation sites excluding steroid dienone is 4. The highest BCUT2D eigenvalue weighted by Crippen LogP contribution is 2.60. The van der Waals surface area contributed by atoms with E-state index in [-0.39, 0.29) is 12.2 Å². The zero-order chi connectivity index (χ0) is 24.1. The quantitative estimate of drug-likeness (QED) is 0.401. The van der Waals surface area contributed by atoms with Crippen LogP contribution in [0.1, 0.15) is 92.9 Å². The molecule has 0 saturated heterocycles. The van der Waals surface area contributed by atoms with Crippen LogP contribution in [0.4, 0.5) is 10.5 Å². The number of rotatable bonds is 8. The molecule has 2 aliphatic rings. The number of amides is 1. The molecule has 0 bridgehead atoms. The molecule has 1 saturated carbocycles. The van der Waals surface area contributed by atoms with Crippen molar-refractivity contribution in [2.75, 3.05) is 5.32 Å². The molecule has 3 nitrogen and oxygen atoms in total. The second kappa shape index (κ2) is 10.9. The molecule has 33 heavy (non-hydrogen) atoms. The van der Waals surface area contributed by atoms with Crippen molar-refractivity contribution in [1.82, 2.24) is 0 Å². The monoisotopic (exact) mass is 451 g/mol. The van der Waals surface area contributed by atoms with Gasteiger partial charge >= 0.3 is 6.09 Å². The molecule has 1 aromatic rings. The number of nitrogens with one attached hydrogen (secondary N) is 1. The molecule has 0 heterocycles. The minimum atomic E-state index is -0.382. The first-order valence-corrected chi connectivity index (χ1v) is 13.0. The van der Waals surface area contributed by atoms with Gasteiger partial charge in [0.2, 0.25) is 0 Å². The van der Waals surface area contributed by atoms with E-state index < -0.39 is 0 Å². The summed E-state index contributed by atoms with van der Waals surface area (Å²) in [6.45, 7) is 14.2. The average Bonchev–Trinajstić information content (AvgIpc) is 2.73. The van der Waals surface area contributed by atoms with Crippen LogP contribution >= 0.6 is 0 Å². The van der Waals surface area contributed by atoms with Crippen molar-refractivity contribution in [2.24, 2.45) is 22.7 Å². The Balaban J connectivity index is 1.46. The van der Waals surface area contributed by atoms with Gasteiger partial charge in [0, 0.05) is 5.69 Å². The Hall–Kier alpha value is -2.03. The Labute approximate surface area is 202 Å². The minimum absolute atomic E-state index is 0.106. The van der Waals surface area contributed by atoms with Gasteiger partial charge in [-0.2, -0.15) is 0 Å². The van der Waals surface area contributed by atoms with E-state index in [1.54, 1.807) is 5.57 Å². The SMILES string of the molecule is CC(=CCC[C@H](C)OC(=O)Nc1ccccc1)CC[C@H]1C(C)=CC[C@H]2C(C)(C)CCC[C@]12C. The van der Waals surface area contributed by atoms with E-state index in [9.17, 15) is 4.79 Å². The largest absolute Gasteiger partial charge is 0.446 e. The highest BCUT2D eigenvalue weighted by molar-refractivity contribution is 5.84. The van der Waals surface area contributed by atoms with Gasteiger partial charge in [-0.25, -0.2) is 4.79 Å². The van der Waals surface area contributed by atoms with Crippen molar-refractivity contribution in [3.63, 3.8) is 0 Å². The Morgan fingerprint density at radius 1 is 1.21 bits per heavy atom. The van der Waals surface area contributed by atoms with Crippen LogP contribution in [0, 0.1) is 22.7 Å². The van der Waals surface area contributed by atoms with Crippen LogP contribution in [0.15, 0.2) is 53.6 Å². The highest BCUT2D eigenvalue weighted by Gasteiger charge is 2.51. The summed E-state index contributed by atoms with van der Waals surface area (Å²) in [4.78, 5) is 12.1. The summed E-state index contributed by atoms with van der Waals surface area (Å²) < 4.78 is 5.51. The van der Waals surface area contributed by atoms with E-state index in [0.29, 0.717) is 16.7 Å². The first kappa shape index (κ1) is 25.6. The standard InChI is InChI=1S/C30H45NO2/c1-22(12-10-13-24(3)33-28(32)31-25-14-8-7-9-15-25)16-18-26-23(2)17-19-27-29(4,5)20-11-21-30(26,27)6/h7-9,12,14-15,17,24,26-27H,10-11,13,16,18-21H2,1-6H3,(H,31,32)/t24-,26-,27-,30+/m0/s1. The number of fused-ring (bicyclic) bond motifs is 1. The Kier molecular flexibility index (Phi) is 8.48. The minimum Gasteiger partial charge on any atom is -0.446 e. The van der Waals surface area contributed by atoms with Crippen molar-refractivity contribution in [3.05, 3.63) is 53.6 Å². The lowest BCUT2D eigenvalue weighted by Crippen LogP contribution is -2.48. The number of benzene rings is 1. The third-order valence-electron chi connectivity index (χ3n) is 8.52. The molecular formula is C30H45NO2. The number of carbonyl (C=O) groups excluding carboxylic acids is 1. The molecule has 0 spiro atoms. The molecule has 1 N–H and O–H groups in total. The number of hydrogen-bond acceptors (Lipinski definition) is 2. The molecule has 3 rings (SSSR count). The number of ether oxygens (including phenoxy) is 1. The van der Waals surface area contributed by atoms with Crippen LogP contribution in [0.2, 0.25) is 0 Å². The van der Waals surface area contributed by atoms with Crippen LogP contribution in [0.25, 0.3) is 0 Å². The molecule has 0 aromatic heterocycles. The van der Waals surface area contributed by atoms with Crippen LogP contribution in [0.3, 0.4) is 0 Å². The van der Waals surface area contributed by atoms with Gasteiger partial charge in [0.1, 0.15) is 6.10 Å². The van der Waals surface area contributed by atoms with Crippen molar-refractivity contribution < 1.29 is 9.53 Å². The van der Waals surface area contributed by atoms with Crippen molar-refractivity contribution in [2.45, 2.75) is 99.0 Å². The van der Waals surface area contributed by atoms with E-state index in [1.807, 2.05) is 37.3 Å². The summed E-state index contributed by atoms with van der Waals surface area (Å²) in [6, 6.07) is 9.43. The van der Waals surface area contributed by atoms with Crippen molar-refractivity contribution in [3.8, 4) is 0 Å². The number of carbonyl (C=O) groups is 1. The van der Waals surface area contributed by atoms with Gasteiger partial charge in [0.15, 0.2) is 0 Å². The average molecular weight is 452 g/mol. The molecule has 4 atom stereocenters. The topological polar surface area (TPSA) is 38.3 Å². The van der Waals surface area contributed by atoms with Gasteiger partial charge in [-0.1, -0.05) is 68.7 Å². The molecule has 0 radical (unpaired) electrons. The summed E-state index contributed by atoms with van der Waals surface area (Å²) in [6.07, 6.45) is 14.0. The fourth-order valence-corrected chi connectivity index (χ4v) is 6.64.